The Bertz CT molecular complexity index is 1450. The van der Waals surface area contributed by atoms with Gasteiger partial charge in [0.15, 0.2) is 0 Å². The fourth-order valence-corrected chi connectivity index (χ4v) is 3.25. The van der Waals surface area contributed by atoms with Gasteiger partial charge in [0.25, 0.3) is 17.5 Å². The summed E-state index contributed by atoms with van der Waals surface area (Å²) < 4.78 is 5.07. The van der Waals surface area contributed by atoms with Crippen LogP contribution in [0.1, 0.15) is 28.2 Å². The molecule has 2 N–H and O–H groups in total. The van der Waals surface area contributed by atoms with Gasteiger partial charge >= 0.3 is 0 Å². The minimum Gasteiger partial charge on any atom is -0.481 e. The summed E-state index contributed by atoms with van der Waals surface area (Å²) in [6.45, 7) is 9.55. The first kappa shape index (κ1) is 26.3. The third-order valence-corrected chi connectivity index (χ3v) is 5.06. The van der Waals surface area contributed by atoms with Crippen LogP contribution >= 0.6 is 0 Å². The molecule has 0 radical (unpaired) electrons. The van der Waals surface area contributed by atoms with Crippen LogP contribution in [0.2, 0.25) is 0 Å². The van der Waals surface area contributed by atoms with Crippen LogP contribution in [-0.2, 0) is 22.7 Å². The highest BCUT2D eigenvalue weighted by Gasteiger charge is 2.12. The van der Waals surface area contributed by atoms with E-state index in [1.807, 2.05) is 37.3 Å². The van der Waals surface area contributed by atoms with Crippen molar-refractivity contribution in [1.29, 1.82) is 5.26 Å². The zero-order valence-corrected chi connectivity index (χ0v) is 20.4. The highest BCUT2D eigenvalue weighted by atomic mass is 16.5. The molecule has 0 aliphatic rings. The van der Waals surface area contributed by atoms with Crippen LogP contribution in [0, 0.1) is 24.8 Å². The van der Waals surface area contributed by atoms with E-state index in [0.717, 1.165) is 16.8 Å². The largest absolute Gasteiger partial charge is 0.481 e. The number of methoxy groups -OCH3 is 1. The van der Waals surface area contributed by atoms with E-state index in [0.29, 0.717) is 17.3 Å². The van der Waals surface area contributed by atoms with Crippen LogP contribution in [-0.4, -0.2) is 28.9 Å². The first-order valence-electron chi connectivity index (χ1n) is 11.2. The van der Waals surface area contributed by atoms with E-state index in [2.05, 4.69) is 25.4 Å². The number of pyridine rings is 2. The minimum absolute atomic E-state index is 0.0505. The number of carbonyl (C=O) groups excluding carboxylic acids is 2. The van der Waals surface area contributed by atoms with Crippen molar-refractivity contribution in [3.8, 4) is 11.9 Å². The number of amides is 2. The maximum absolute atomic E-state index is 12.5. The summed E-state index contributed by atoms with van der Waals surface area (Å²) in [6, 6.07) is 19.6. The minimum atomic E-state index is -0.535. The van der Waals surface area contributed by atoms with Crippen molar-refractivity contribution >= 4 is 24.0 Å². The Balaban J connectivity index is 1.60. The van der Waals surface area contributed by atoms with Gasteiger partial charge in [-0.3, -0.25) is 14.6 Å². The predicted molar refractivity (Wildman–Crippen MR) is 138 cm³/mol. The molecule has 2 heterocycles. The molecule has 37 heavy (non-hydrogen) atoms. The molecule has 0 aliphatic carbocycles. The number of benzene rings is 1. The van der Waals surface area contributed by atoms with Gasteiger partial charge in [-0.05, 0) is 48.4 Å². The van der Waals surface area contributed by atoms with Crippen molar-refractivity contribution in [2.75, 3.05) is 7.11 Å². The van der Waals surface area contributed by atoms with Crippen LogP contribution in [0.5, 0.6) is 5.88 Å². The number of rotatable bonds is 9. The summed E-state index contributed by atoms with van der Waals surface area (Å²) >= 11 is 0. The molecule has 0 aliphatic heterocycles. The number of nitriles is 1. The molecule has 0 saturated carbocycles. The van der Waals surface area contributed by atoms with Gasteiger partial charge in [-0.2, -0.15) is 5.26 Å². The van der Waals surface area contributed by atoms with Crippen molar-refractivity contribution in [3.63, 3.8) is 0 Å². The lowest BCUT2D eigenvalue weighted by atomic mass is 10.1. The summed E-state index contributed by atoms with van der Waals surface area (Å²) in [5, 5.41) is 14.8. The number of hydrogen-bond donors (Lipinski definition) is 2. The van der Waals surface area contributed by atoms with Gasteiger partial charge in [-0.25, -0.2) is 9.83 Å². The van der Waals surface area contributed by atoms with Gasteiger partial charge in [-0.1, -0.05) is 36.4 Å². The summed E-state index contributed by atoms with van der Waals surface area (Å²) in [7, 11) is 1.49. The second-order valence-electron chi connectivity index (χ2n) is 7.81. The average Bonchev–Trinajstić information content (AvgIpc) is 2.92. The number of nitrogens with zero attached hydrogens (tertiary/aromatic N) is 4. The third-order valence-electron chi connectivity index (χ3n) is 5.06. The van der Waals surface area contributed by atoms with Crippen LogP contribution in [0.15, 0.2) is 71.9 Å². The van der Waals surface area contributed by atoms with E-state index in [1.54, 1.807) is 36.4 Å². The summed E-state index contributed by atoms with van der Waals surface area (Å²) in [6.07, 6.45) is 2.83. The number of nitrogens with one attached hydrogen (secondary N) is 2. The standard InChI is InChI=1S/C28H24N6O3/c1-19-7-4-10-23(33-19)14-22(16-29)27(35)31-17-20-8-5-9-21(13-20)18-32-28(36)25(30-2)15-24-11-6-12-26(34-24)37-3/h4-15H,17-18H2,1,3H3,(H,31,35)(H,32,36)/b22-14-,25-15+. The molecule has 0 saturated heterocycles. The molecule has 9 heteroatoms. The lowest BCUT2D eigenvalue weighted by molar-refractivity contribution is -0.118. The molecule has 2 amide bonds. The zero-order chi connectivity index (χ0) is 26.6. The lowest BCUT2D eigenvalue weighted by Crippen LogP contribution is -2.25. The van der Waals surface area contributed by atoms with Gasteiger partial charge in [0.1, 0.15) is 11.6 Å². The number of aromatic nitrogens is 2. The Kier molecular flexibility index (Phi) is 9.24. The molecule has 1 aromatic carbocycles. The molecule has 0 bridgehead atoms. The van der Waals surface area contributed by atoms with E-state index in [9.17, 15) is 14.9 Å². The lowest BCUT2D eigenvalue weighted by Gasteiger charge is -2.08. The highest BCUT2D eigenvalue weighted by molar-refractivity contribution is 6.01. The van der Waals surface area contributed by atoms with E-state index >= 15 is 0 Å². The van der Waals surface area contributed by atoms with E-state index in [-0.39, 0.29) is 24.4 Å². The maximum Gasteiger partial charge on any atom is 0.262 e. The summed E-state index contributed by atoms with van der Waals surface area (Å²) in [4.78, 5) is 36.8. The summed E-state index contributed by atoms with van der Waals surface area (Å²) in [5.74, 6) is -0.666. The number of hydrogen-bond acceptors (Lipinski definition) is 6. The normalized spacial score (nSPS) is 11.1. The molecule has 0 fully saturated rings. The van der Waals surface area contributed by atoms with Crippen molar-refractivity contribution in [3.05, 3.63) is 112 Å². The van der Waals surface area contributed by atoms with Gasteiger partial charge < -0.3 is 15.4 Å². The van der Waals surface area contributed by atoms with Crippen LogP contribution in [0.25, 0.3) is 17.0 Å². The molecule has 184 valence electrons. The molecule has 2 aromatic heterocycles. The number of carbonyl (C=O) groups is 2. The SMILES string of the molecule is [C-]#[N+]/C(=C/c1cccc(OC)n1)C(=O)NCc1cccc(CNC(=O)/C(C#N)=C\c2cccc(C)n2)c1. The first-order chi connectivity index (χ1) is 17.9. The molecular weight excluding hydrogens is 468 g/mol. The van der Waals surface area contributed by atoms with Crippen molar-refractivity contribution in [2.24, 2.45) is 0 Å². The van der Waals surface area contributed by atoms with Gasteiger partial charge in [0, 0.05) is 24.8 Å². The second kappa shape index (κ2) is 13.0. The number of ether oxygens (including phenoxy) is 1. The van der Waals surface area contributed by atoms with E-state index < -0.39 is 11.8 Å². The van der Waals surface area contributed by atoms with E-state index in [1.165, 1.54) is 19.3 Å². The topological polar surface area (TPSA) is 121 Å². The Morgan fingerprint density at radius 2 is 1.59 bits per heavy atom. The molecular formula is C28H24N6O3. The zero-order valence-electron chi connectivity index (χ0n) is 20.4. The van der Waals surface area contributed by atoms with Crippen LogP contribution in [0.3, 0.4) is 0 Å². The van der Waals surface area contributed by atoms with Crippen LogP contribution in [0.4, 0.5) is 0 Å². The molecule has 0 spiro atoms. The van der Waals surface area contributed by atoms with Gasteiger partial charge in [0.05, 0.1) is 25.1 Å². The Morgan fingerprint density at radius 1 is 0.973 bits per heavy atom. The monoisotopic (exact) mass is 492 g/mol. The Labute approximate surface area is 215 Å². The fraction of sp³-hybridized carbons (Fsp3) is 0.143. The third kappa shape index (κ3) is 7.88. The average molecular weight is 493 g/mol. The van der Waals surface area contributed by atoms with Crippen molar-refractivity contribution in [2.45, 2.75) is 20.0 Å². The molecule has 3 aromatic rings. The molecule has 3 rings (SSSR count). The van der Waals surface area contributed by atoms with Crippen molar-refractivity contribution in [1.82, 2.24) is 20.6 Å². The fourth-order valence-electron chi connectivity index (χ4n) is 3.25. The van der Waals surface area contributed by atoms with Crippen molar-refractivity contribution < 1.29 is 14.3 Å². The molecule has 0 unspecified atom stereocenters. The van der Waals surface area contributed by atoms with E-state index in [4.69, 9.17) is 11.3 Å². The predicted octanol–water partition coefficient (Wildman–Crippen LogP) is 3.59. The summed E-state index contributed by atoms with van der Waals surface area (Å²) in [5.41, 5.74) is 3.15. The van der Waals surface area contributed by atoms with Gasteiger partial charge in [0.2, 0.25) is 5.88 Å². The van der Waals surface area contributed by atoms with Gasteiger partial charge in [-0.15, -0.1) is 0 Å². The smallest absolute Gasteiger partial charge is 0.262 e. The first-order valence-corrected chi connectivity index (χ1v) is 11.2. The second-order valence-corrected chi connectivity index (χ2v) is 7.81. The molecule has 9 nitrogen and oxygen atoms in total. The molecule has 0 atom stereocenters. The quantitative estimate of drug-likeness (QED) is 0.267. The van der Waals surface area contributed by atoms with Crippen LogP contribution < -0.4 is 15.4 Å². The maximum atomic E-state index is 12.5. The number of aryl methyl sites for hydroxylation is 1. The highest BCUT2D eigenvalue weighted by Crippen LogP contribution is 2.12. The Morgan fingerprint density at radius 3 is 2.22 bits per heavy atom. The Hall–Kier alpha value is -5.28.